The third-order valence-corrected chi connectivity index (χ3v) is 1.63. The molecule has 1 atom stereocenters. The average molecular weight is 169 g/mol. The first-order valence-electron chi connectivity index (χ1n) is 3.81. The Bertz CT molecular complexity index is 273. The minimum absolute atomic E-state index is 0.263. The molecule has 0 fully saturated rings. The molecule has 0 aliphatic heterocycles. The summed E-state index contributed by atoms with van der Waals surface area (Å²) in [5.41, 5.74) is 1.16. The minimum Gasteiger partial charge on any atom is -0.374 e. The monoisotopic (exact) mass is 169 g/mol. The van der Waals surface area contributed by atoms with Gasteiger partial charge in [0.25, 0.3) is 0 Å². The van der Waals surface area contributed by atoms with Crippen molar-refractivity contribution in [1.29, 1.82) is 0 Å². The third kappa shape index (κ3) is 1.95. The highest BCUT2D eigenvalue weighted by Gasteiger charge is 2.03. The van der Waals surface area contributed by atoms with Crippen LogP contribution in [0.15, 0.2) is 18.2 Å². The molecule has 1 aromatic rings. The first-order chi connectivity index (χ1) is 5.61. The van der Waals surface area contributed by atoms with Crippen molar-refractivity contribution in [3.05, 3.63) is 29.6 Å². The predicted molar refractivity (Wildman–Crippen MR) is 46.4 cm³/mol. The largest absolute Gasteiger partial charge is 0.374 e. The zero-order chi connectivity index (χ0) is 9.14. The van der Waals surface area contributed by atoms with Crippen molar-refractivity contribution in [2.24, 2.45) is 0 Å². The Morgan fingerprint density at radius 2 is 2.17 bits per heavy atom. The number of nitrogens with one attached hydrogen (secondary N) is 1. The van der Waals surface area contributed by atoms with E-state index in [0.717, 1.165) is 0 Å². The van der Waals surface area contributed by atoms with Crippen LogP contribution in [-0.4, -0.2) is 11.3 Å². The summed E-state index contributed by atoms with van der Waals surface area (Å²) in [6, 6.07) is 4.72. The molecule has 0 spiro atoms. The van der Waals surface area contributed by atoms with E-state index in [4.69, 9.17) is 5.11 Å². The number of aliphatic hydroxyl groups is 1. The van der Waals surface area contributed by atoms with Gasteiger partial charge in [0.2, 0.25) is 0 Å². The number of aliphatic hydroxyl groups excluding tert-OH is 1. The number of hydrogen-bond donors (Lipinski definition) is 2. The Morgan fingerprint density at radius 1 is 1.50 bits per heavy atom. The summed E-state index contributed by atoms with van der Waals surface area (Å²) in [6.45, 7) is 3.25. The normalized spacial score (nSPS) is 12.7. The molecule has 1 rings (SSSR count). The molecule has 2 nitrogen and oxygen atoms in total. The minimum atomic E-state index is -0.662. The summed E-state index contributed by atoms with van der Waals surface area (Å²) < 4.78 is 12.9. The molecule has 12 heavy (non-hydrogen) atoms. The molecule has 0 aliphatic rings. The van der Waals surface area contributed by atoms with E-state index in [-0.39, 0.29) is 5.82 Å². The van der Waals surface area contributed by atoms with Gasteiger partial charge in [0.05, 0.1) is 0 Å². The van der Waals surface area contributed by atoms with Gasteiger partial charge in [-0.2, -0.15) is 0 Å². The third-order valence-electron chi connectivity index (χ3n) is 1.63. The van der Waals surface area contributed by atoms with Crippen LogP contribution in [0, 0.1) is 12.7 Å². The van der Waals surface area contributed by atoms with Crippen LogP contribution < -0.4 is 5.32 Å². The maximum atomic E-state index is 12.9. The van der Waals surface area contributed by atoms with E-state index < -0.39 is 6.23 Å². The van der Waals surface area contributed by atoms with Crippen LogP contribution in [0.3, 0.4) is 0 Å². The molecule has 0 saturated carbocycles. The topological polar surface area (TPSA) is 32.3 Å². The lowest BCUT2D eigenvalue weighted by Crippen LogP contribution is -2.14. The van der Waals surface area contributed by atoms with Gasteiger partial charge in [0, 0.05) is 11.3 Å². The van der Waals surface area contributed by atoms with Crippen LogP contribution in [0.1, 0.15) is 12.5 Å². The summed E-state index contributed by atoms with van der Waals surface area (Å²) in [4.78, 5) is 0. The second-order valence-electron chi connectivity index (χ2n) is 2.73. The molecule has 3 heteroatoms. The van der Waals surface area contributed by atoms with Gasteiger partial charge in [-0.25, -0.2) is 4.39 Å². The zero-order valence-electron chi connectivity index (χ0n) is 7.13. The van der Waals surface area contributed by atoms with Crippen LogP contribution in [0.2, 0.25) is 0 Å². The highest BCUT2D eigenvalue weighted by atomic mass is 19.1. The Hall–Kier alpha value is -1.09. The molecule has 0 heterocycles. The van der Waals surface area contributed by atoms with E-state index in [1.165, 1.54) is 6.07 Å². The van der Waals surface area contributed by atoms with Gasteiger partial charge in [-0.05, 0) is 26.0 Å². The van der Waals surface area contributed by atoms with Crippen molar-refractivity contribution < 1.29 is 9.50 Å². The molecule has 1 unspecified atom stereocenters. The molecular formula is C9H12FNO. The first-order valence-corrected chi connectivity index (χ1v) is 3.81. The van der Waals surface area contributed by atoms with E-state index in [9.17, 15) is 4.39 Å². The maximum Gasteiger partial charge on any atom is 0.128 e. The fourth-order valence-electron chi connectivity index (χ4n) is 0.989. The molecule has 0 radical (unpaired) electrons. The smallest absolute Gasteiger partial charge is 0.128 e. The molecule has 0 aliphatic carbocycles. The zero-order valence-corrected chi connectivity index (χ0v) is 7.13. The van der Waals surface area contributed by atoms with E-state index in [1.54, 1.807) is 26.0 Å². The Kier molecular flexibility index (Phi) is 2.65. The highest BCUT2D eigenvalue weighted by molar-refractivity contribution is 5.51. The molecule has 0 aromatic heterocycles. The molecule has 0 saturated heterocycles. The number of halogens is 1. The first kappa shape index (κ1) is 9.00. The van der Waals surface area contributed by atoms with Gasteiger partial charge in [0.1, 0.15) is 12.0 Å². The molecule has 0 amide bonds. The van der Waals surface area contributed by atoms with E-state index in [2.05, 4.69) is 5.32 Å². The summed E-state index contributed by atoms with van der Waals surface area (Å²) in [6.07, 6.45) is -0.662. The van der Waals surface area contributed by atoms with Crippen molar-refractivity contribution >= 4 is 5.69 Å². The summed E-state index contributed by atoms with van der Waals surface area (Å²) in [7, 11) is 0. The lowest BCUT2D eigenvalue weighted by atomic mass is 10.2. The fourth-order valence-corrected chi connectivity index (χ4v) is 0.989. The van der Waals surface area contributed by atoms with Crippen LogP contribution in [0.5, 0.6) is 0 Å². The van der Waals surface area contributed by atoms with Gasteiger partial charge in [-0.15, -0.1) is 0 Å². The standard InChI is InChI=1S/C9H12FNO/c1-6-8(10)4-3-5-9(6)11-7(2)12/h3-5,7,11-12H,1-2H3. The summed E-state index contributed by atoms with van der Waals surface area (Å²) >= 11 is 0. The van der Waals surface area contributed by atoms with Gasteiger partial charge in [-0.1, -0.05) is 6.07 Å². The molecule has 66 valence electrons. The second kappa shape index (κ2) is 3.54. The maximum absolute atomic E-state index is 12.9. The van der Waals surface area contributed by atoms with E-state index >= 15 is 0 Å². The van der Waals surface area contributed by atoms with Crippen LogP contribution in [0.4, 0.5) is 10.1 Å². The summed E-state index contributed by atoms with van der Waals surface area (Å²) in [5, 5.41) is 11.7. The van der Waals surface area contributed by atoms with Gasteiger partial charge in [-0.3, -0.25) is 0 Å². The van der Waals surface area contributed by atoms with Crippen LogP contribution in [-0.2, 0) is 0 Å². The molecule has 2 N–H and O–H groups in total. The molecular weight excluding hydrogens is 157 g/mol. The van der Waals surface area contributed by atoms with Gasteiger partial charge < -0.3 is 10.4 Å². The Labute approximate surface area is 71.0 Å². The Morgan fingerprint density at radius 3 is 2.75 bits per heavy atom. The van der Waals surface area contributed by atoms with Crippen molar-refractivity contribution in [2.45, 2.75) is 20.1 Å². The SMILES string of the molecule is Cc1c(F)cccc1NC(C)O. The van der Waals surface area contributed by atoms with Gasteiger partial charge in [0.15, 0.2) is 0 Å². The second-order valence-corrected chi connectivity index (χ2v) is 2.73. The van der Waals surface area contributed by atoms with E-state index in [0.29, 0.717) is 11.3 Å². The number of benzene rings is 1. The van der Waals surface area contributed by atoms with Crippen LogP contribution >= 0.6 is 0 Å². The average Bonchev–Trinajstić information content (AvgIpc) is 1.98. The lowest BCUT2D eigenvalue weighted by molar-refractivity contribution is 0.224. The van der Waals surface area contributed by atoms with Crippen molar-refractivity contribution in [1.82, 2.24) is 0 Å². The fraction of sp³-hybridized carbons (Fsp3) is 0.333. The van der Waals surface area contributed by atoms with Crippen molar-refractivity contribution in [3.8, 4) is 0 Å². The molecule has 1 aromatic carbocycles. The summed E-state index contributed by atoms with van der Waals surface area (Å²) in [5.74, 6) is -0.263. The van der Waals surface area contributed by atoms with Crippen molar-refractivity contribution in [3.63, 3.8) is 0 Å². The van der Waals surface area contributed by atoms with Gasteiger partial charge >= 0.3 is 0 Å². The number of anilines is 1. The van der Waals surface area contributed by atoms with E-state index in [1.807, 2.05) is 0 Å². The highest BCUT2D eigenvalue weighted by Crippen LogP contribution is 2.17. The quantitative estimate of drug-likeness (QED) is 0.662. The lowest BCUT2D eigenvalue weighted by Gasteiger charge is -2.11. The van der Waals surface area contributed by atoms with Crippen molar-refractivity contribution in [2.75, 3.05) is 5.32 Å². The number of hydrogen-bond acceptors (Lipinski definition) is 2. The van der Waals surface area contributed by atoms with Crippen LogP contribution in [0.25, 0.3) is 0 Å². The number of rotatable bonds is 2. The molecule has 0 bridgehead atoms. The predicted octanol–water partition coefficient (Wildman–Crippen LogP) is 1.88. The Balaban J connectivity index is 2.92.